The molecule has 0 aromatic rings. The van der Waals surface area contributed by atoms with Crippen LogP contribution in [0.4, 0.5) is 0 Å². The second-order valence-corrected chi connectivity index (χ2v) is 6.15. The second-order valence-electron chi connectivity index (χ2n) is 6.15. The average molecular weight is 318 g/mol. The smallest absolute Gasteiger partial charge is 0.242 e. The summed E-state index contributed by atoms with van der Waals surface area (Å²) in [4.78, 5) is 26.0. The Morgan fingerprint density at radius 3 is 2.71 bits per heavy atom. The van der Waals surface area contributed by atoms with Crippen LogP contribution in [0.15, 0.2) is 0 Å². The van der Waals surface area contributed by atoms with E-state index in [0.29, 0.717) is 18.3 Å². The zero-order valence-corrected chi connectivity index (χ0v) is 13.9. The quantitative estimate of drug-likeness (QED) is 0.818. The van der Waals surface area contributed by atoms with Crippen LogP contribution in [0.2, 0.25) is 0 Å². The van der Waals surface area contributed by atoms with Crippen LogP contribution >= 0.6 is 12.4 Å². The number of piperidine rings is 1. The number of likely N-dealkylation sites (tertiary alicyclic amines) is 1. The van der Waals surface area contributed by atoms with Crippen molar-refractivity contribution in [2.75, 3.05) is 26.7 Å². The van der Waals surface area contributed by atoms with E-state index >= 15 is 0 Å². The number of rotatable bonds is 4. The summed E-state index contributed by atoms with van der Waals surface area (Å²) in [6.45, 7) is 5.02. The summed E-state index contributed by atoms with van der Waals surface area (Å²) in [6, 6.07) is -0.246. The second kappa shape index (κ2) is 8.59. The first kappa shape index (κ1) is 18.2. The minimum Gasteiger partial charge on any atom is -0.357 e. The molecule has 6 heteroatoms. The van der Waals surface area contributed by atoms with Gasteiger partial charge in [0.05, 0.1) is 0 Å². The molecule has 0 spiro atoms. The number of halogens is 1. The molecule has 0 aromatic carbocycles. The molecule has 21 heavy (non-hydrogen) atoms. The van der Waals surface area contributed by atoms with Crippen LogP contribution in [0.1, 0.15) is 39.0 Å². The molecule has 3 atom stereocenters. The fourth-order valence-electron chi connectivity index (χ4n) is 3.43. The number of carbonyl (C=O) groups excluding carboxylic acids is 2. The topological polar surface area (TPSA) is 61.4 Å². The van der Waals surface area contributed by atoms with E-state index in [-0.39, 0.29) is 30.3 Å². The molecule has 2 fully saturated rings. The zero-order chi connectivity index (χ0) is 14.5. The lowest BCUT2D eigenvalue weighted by Gasteiger charge is -2.30. The Kier molecular flexibility index (Phi) is 7.46. The first-order chi connectivity index (χ1) is 9.63. The van der Waals surface area contributed by atoms with Gasteiger partial charge in [-0.05, 0) is 50.6 Å². The summed E-state index contributed by atoms with van der Waals surface area (Å²) in [5.41, 5.74) is 0. The van der Waals surface area contributed by atoms with Gasteiger partial charge in [0.15, 0.2) is 0 Å². The molecular formula is C15H28ClN3O2. The van der Waals surface area contributed by atoms with Crippen LogP contribution in [0, 0.1) is 11.8 Å². The van der Waals surface area contributed by atoms with Crippen molar-refractivity contribution in [1.82, 2.24) is 15.5 Å². The number of carbonyl (C=O) groups is 2. The van der Waals surface area contributed by atoms with Gasteiger partial charge in [0, 0.05) is 20.0 Å². The molecule has 3 unspecified atom stereocenters. The maximum absolute atomic E-state index is 12.5. The number of likely N-dealkylation sites (N-methyl/N-ethyl adjacent to an activating group) is 1. The van der Waals surface area contributed by atoms with E-state index in [9.17, 15) is 9.59 Å². The van der Waals surface area contributed by atoms with Crippen LogP contribution in [0.5, 0.6) is 0 Å². The summed E-state index contributed by atoms with van der Waals surface area (Å²) < 4.78 is 0. The third-order valence-corrected chi connectivity index (χ3v) is 4.76. The van der Waals surface area contributed by atoms with Crippen LogP contribution < -0.4 is 10.6 Å². The van der Waals surface area contributed by atoms with Gasteiger partial charge in [-0.25, -0.2) is 0 Å². The van der Waals surface area contributed by atoms with Gasteiger partial charge in [-0.3, -0.25) is 9.59 Å². The third-order valence-electron chi connectivity index (χ3n) is 4.76. The van der Waals surface area contributed by atoms with E-state index in [0.717, 1.165) is 32.5 Å². The highest BCUT2D eigenvalue weighted by Crippen LogP contribution is 2.25. The molecule has 0 aliphatic carbocycles. The first-order valence-corrected chi connectivity index (χ1v) is 7.85. The van der Waals surface area contributed by atoms with E-state index in [1.165, 1.54) is 12.8 Å². The Balaban J connectivity index is 0.00000220. The predicted octanol–water partition coefficient (Wildman–Crippen LogP) is 1.17. The Morgan fingerprint density at radius 1 is 1.33 bits per heavy atom. The highest BCUT2D eigenvalue weighted by Gasteiger charge is 2.34. The SMILES string of the molecule is CNC(=O)C1CCCN1C(=O)CC(C)C1CCCNC1.Cl. The molecule has 0 radical (unpaired) electrons. The highest BCUT2D eigenvalue weighted by molar-refractivity contribution is 5.88. The van der Waals surface area contributed by atoms with Crippen LogP contribution in [0.25, 0.3) is 0 Å². The number of hydrogen-bond acceptors (Lipinski definition) is 3. The van der Waals surface area contributed by atoms with Crippen molar-refractivity contribution < 1.29 is 9.59 Å². The Labute approximate surface area is 133 Å². The summed E-state index contributed by atoms with van der Waals surface area (Å²) in [5.74, 6) is 1.10. The zero-order valence-electron chi connectivity index (χ0n) is 13.1. The van der Waals surface area contributed by atoms with Crippen molar-refractivity contribution in [3.05, 3.63) is 0 Å². The van der Waals surface area contributed by atoms with Gasteiger partial charge in [-0.1, -0.05) is 6.92 Å². The van der Waals surface area contributed by atoms with Crippen molar-refractivity contribution in [1.29, 1.82) is 0 Å². The molecule has 0 saturated carbocycles. The summed E-state index contributed by atoms with van der Waals surface area (Å²) in [7, 11) is 1.64. The van der Waals surface area contributed by atoms with E-state index in [1.54, 1.807) is 11.9 Å². The van der Waals surface area contributed by atoms with Crippen molar-refractivity contribution in [3.63, 3.8) is 0 Å². The monoisotopic (exact) mass is 317 g/mol. The van der Waals surface area contributed by atoms with Crippen molar-refractivity contribution in [2.45, 2.75) is 45.1 Å². The van der Waals surface area contributed by atoms with E-state index in [2.05, 4.69) is 17.6 Å². The van der Waals surface area contributed by atoms with Gasteiger partial charge < -0.3 is 15.5 Å². The van der Waals surface area contributed by atoms with Crippen LogP contribution in [0.3, 0.4) is 0 Å². The van der Waals surface area contributed by atoms with Gasteiger partial charge in [-0.15, -0.1) is 12.4 Å². The molecule has 2 amide bonds. The molecule has 2 saturated heterocycles. The minimum absolute atomic E-state index is 0. The fourth-order valence-corrected chi connectivity index (χ4v) is 3.43. The Bertz CT molecular complexity index is 359. The van der Waals surface area contributed by atoms with Crippen molar-refractivity contribution >= 4 is 24.2 Å². The Morgan fingerprint density at radius 2 is 2.10 bits per heavy atom. The van der Waals surface area contributed by atoms with E-state index in [4.69, 9.17) is 0 Å². The van der Waals surface area contributed by atoms with Crippen LogP contribution in [-0.2, 0) is 9.59 Å². The van der Waals surface area contributed by atoms with Gasteiger partial charge in [-0.2, -0.15) is 0 Å². The van der Waals surface area contributed by atoms with E-state index in [1.807, 2.05) is 0 Å². The molecule has 2 aliphatic rings. The van der Waals surface area contributed by atoms with Gasteiger partial charge >= 0.3 is 0 Å². The first-order valence-electron chi connectivity index (χ1n) is 7.85. The minimum atomic E-state index is -0.246. The van der Waals surface area contributed by atoms with E-state index < -0.39 is 0 Å². The molecule has 2 aliphatic heterocycles. The molecule has 0 bridgehead atoms. The van der Waals surface area contributed by atoms with Gasteiger partial charge in [0.25, 0.3) is 0 Å². The lowest BCUT2D eigenvalue weighted by Crippen LogP contribution is -2.45. The fraction of sp³-hybridized carbons (Fsp3) is 0.867. The lowest BCUT2D eigenvalue weighted by atomic mass is 9.85. The standard InChI is InChI=1S/C15H27N3O2.ClH/c1-11(12-5-3-7-17-10-12)9-14(19)18-8-4-6-13(18)15(20)16-2;/h11-13,17H,3-10H2,1-2H3,(H,16,20);1H. The maximum atomic E-state index is 12.5. The number of nitrogens with one attached hydrogen (secondary N) is 2. The number of nitrogens with zero attached hydrogens (tertiary/aromatic N) is 1. The molecule has 0 aromatic heterocycles. The average Bonchev–Trinajstić information content (AvgIpc) is 2.96. The molecule has 122 valence electrons. The molecule has 2 heterocycles. The number of amides is 2. The molecular weight excluding hydrogens is 290 g/mol. The highest BCUT2D eigenvalue weighted by atomic mass is 35.5. The summed E-state index contributed by atoms with van der Waals surface area (Å²) in [5, 5.41) is 6.07. The predicted molar refractivity (Wildman–Crippen MR) is 85.4 cm³/mol. The largest absolute Gasteiger partial charge is 0.357 e. The molecule has 5 nitrogen and oxygen atoms in total. The maximum Gasteiger partial charge on any atom is 0.242 e. The number of hydrogen-bond donors (Lipinski definition) is 2. The van der Waals surface area contributed by atoms with Crippen molar-refractivity contribution in [2.24, 2.45) is 11.8 Å². The van der Waals surface area contributed by atoms with Crippen molar-refractivity contribution in [3.8, 4) is 0 Å². The molecule has 2 rings (SSSR count). The normalized spacial score (nSPS) is 26.9. The molecule has 2 N–H and O–H groups in total. The summed E-state index contributed by atoms with van der Waals surface area (Å²) in [6.07, 6.45) is 4.71. The third kappa shape index (κ3) is 4.58. The Hall–Kier alpha value is -0.810. The van der Waals surface area contributed by atoms with Gasteiger partial charge in [0.1, 0.15) is 6.04 Å². The summed E-state index contributed by atoms with van der Waals surface area (Å²) >= 11 is 0. The van der Waals surface area contributed by atoms with Gasteiger partial charge in [0.2, 0.25) is 11.8 Å². The lowest BCUT2D eigenvalue weighted by molar-refractivity contribution is -0.139. The van der Waals surface area contributed by atoms with Crippen LogP contribution in [-0.4, -0.2) is 49.4 Å².